The van der Waals surface area contributed by atoms with Crippen molar-refractivity contribution < 1.29 is 33.4 Å². The molecular formula is C43H61FN6O6. The lowest BCUT2D eigenvalue weighted by Crippen LogP contribution is -2.52. The third-order valence-corrected chi connectivity index (χ3v) is 12.0. The minimum atomic E-state index is -0.894. The molecule has 6 rings (SSSR count). The molecule has 0 radical (unpaired) electrons. The first-order valence-corrected chi connectivity index (χ1v) is 20.8. The number of ether oxygens (including phenoxy) is 2. The molecule has 5 atom stereocenters. The van der Waals surface area contributed by atoms with Gasteiger partial charge in [0.05, 0.1) is 12.5 Å². The standard InChI is InChI=1S/C43H61FN6O6/c1-31-11-13-38(51)29-41(53)56-42(32(2)12-14-39(31)55-43(54)49-23-19-46(20-24-49)36-9-6-4-5-7-10-36)33(3)25-34-26-35(44)28-37(27-34)47-17-21-48(22-18-47)40(52)30-50-16-8-15-45-50/h8,12,14-16,25-28,31-32,36,38-39,42,51H,4-7,9-11,13,17-24,29-30H2,1-3H3/b14-12+,33-25+/t31-,32-,38+,39?,42-/m0/s1. The van der Waals surface area contributed by atoms with E-state index in [1.54, 1.807) is 28.0 Å². The number of hydrogen-bond donors (Lipinski definition) is 1. The second-order valence-electron chi connectivity index (χ2n) is 16.3. The van der Waals surface area contributed by atoms with Crippen LogP contribution in [0.3, 0.4) is 0 Å². The van der Waals surface area contributed by atoms with Crippen molar-refractivity contribution in [3.8, 4) is 0 Å². The summed E-state index contributed by atoms with van der Waals surface area (Å²) in [7, 11) is 0. The van der Waals surface area contributed by atoms with E-state index in [2.05, 4.69) is 14.9 Å². The van der Waals surface area contributed by atoms with E-state index in [1.165, 1.54) is 50.7 Å². The molecule has 1 aliphatic carbocycles. The lowest BCUT2D eigenvalue weighted by molar-refractivity contribution is -0.151. The van der Waals surface area contributed by atoms with Crippen LogP contribution in [0.15, 0.2) is 54.4 Å². The van der Waals surface area contributed by atoms with Gasteiger partial charge in [-0.2, -0.15) is 5.10 Å². The zero-order valence-electron chi connectivity index (χ0n) is 33.4. The summed E-state index contributed by atoms with van der Waals surface area (Å²) < 4.78 is 28.9. The van der Waals surface area contributed by atoms with Gasteiger partial charge >= 0.3 is 12.1 Å². The number of aliphatic hydroxyl groups is 1. The lowest BCUT2D eigenvalue weighted by Gasteiger charge is -2.39. The quantitative estimate of drug-likeness (QED) is 0.208. The Labute approximate surface area is 331 Å². The van der Waals surface area contributed by atoms with E-state index in [1.807, 2.05) is 50.0 Å². The SMILES string of the molecule is C/C(=C\c1cc(F)cc(N2CCN(C(=O)Cn3cccn3)CC2)c1)[C@H]1OC(=O)C[C@H](O)CC[C@H](C)C(OC(=O)N2CCN(C3CCCCCC3)CC2)/C=C/[C@@H]1C. The van der Waals surface area contributed by atoms with Crippen LogP contribution >= 0.6 is 0 Å². The summed E-state index contributed by atoms with van der Waals surface area (Å²) in [5.74, 6) is -1.31. The molecule has 12 nitrogen and oxygen atoms in total. The van der Waals surface area contributed by atoms with Crippen LogP contribution in [0, 0.1) is 17.7 Å². The summed E-state index contributed by atoms with van der Waals surface area (Å²) in [4.78, 5) is 47.7. The van der Waals surface area contributed by atoms with Crippen LogP contribution < -0.4 is 4.90 Å². The summed E-state index contributed by atoms with van der Waals surface area (Å²) in [6.45, 7) is 11.1. The maximum absolute atomic E-state index is 15.1. The molecule has 4 heterocycles. The molecule has 0 spiro atoms. The molecule has 2 saturated heterocycles. The van der Waals surface area contributed by atoms with Gasteiger partial charge in [0.15, 0.2) is 0 Å². The first-order chi connectivity index (χ1) is 27.0. The summed E-state index contributed by atoms with van der Waals surface area (Å²) >= 11 is 0. The largest absolute Gasteiger partial charge is 0.457 e. The van der Waals surface area contributed by atoms with E-state index in [4.69, 9.17) is 9.47 Å². The van der Waals surface area contributed by atoms with Gasteiger partial charge < -0.3 is 29.3 Å². The Morgan fingerprint density at radius 2 is 1.64 bits per heavy atom. The highest BCUT2D eigenvalue weighted by Crippen LogP contribution is 2.28. The van der Waals surface area contributed by atoms with Gasteiger partial charge in [-0.1, -0.05) is 51.7 Å². The Hall–Kier alpha value is -4.23. The number of anilines is 1. The Kier molecular flexibility index (Phi) is 14.6. The Balaban J connectivity index is 1.11. The molecule has 1 aromatic heterocycles. The van der Waals surface area contributed by atoms with E-state index >= 15 is 4.39 Å². The van der Waals surface area contributed by atoms with Gasteiger partial charge in [-0.25, -0.2) is 9.18 Å². The molecule has 306 valence electrons. The van der Waals surface area contributed by atoms with E-state index in [-0.39, 0.29) is 36.8 Å². The number of rotatable bonds is 7. The average Bonchev–Trinajstić information content (AvgIpc) is 3.55. The van der Waals surface area contributed by atoms with Crippen molar-refractivity contribution in [2.45, 2.75) is 109 Å². The summed E-state index contributed by atoms with van der Waals surface area (Å²) in [5.41, 5.74) is 2.04. The van der Waals surface area contributed by atoms with E-state index < -0.39 is 30.1 Å². The van der Waals surface area contributed by atoms with Crippen LogP contribution in [0.1, 0.15) is 84.1 Å². The zero-order chi connectivity index (χ0) is 39.6. The molecule has 2 aromatic rings. The van der Waals surface area contributed by atoms with Crippen LogP contribution in [0.25, 0.3) is 6.08 Å². The third-order valence-electron chi connectivity index (χ3n) is 12.0. The number of esters is 1. The van der Waals surface area contributed by atoms with Crippen molar-refractivity contribution in [1.82, 2.24) is 24.5 Å². The van der Waals surface area contributed by atoms with Crippen molar-refractivity contribution in [2.24, 2.45) is 11.8 Å². The number of halogens is 1. The monoisotopic (exact) mass is 776 g/mol. The van der Waals surface area contributed by atoms with Gasteiger partial charge in [0.2, 0.25) is 5.91 Å². The van der Waals surface area contributed by atoms with Crippen molar-refractivity contribution in [1.29, 1.82) is 0 Å². The van der Waals surface area contributed by atoms with Gasteiger partial charge in [0.1, 0.15) is 24.6 Å². The fourth-order valence-corrected chi connectivity index (χ4v) is 8.59. The number of piperazine rings is 2. The number of nitrogens with zero attached hydrogens (tertiary/aromatic N) is 6. The Morgan fingerprint density at radius 1 is 0.929 bits per heavy atom. The van der Waals surface area contributed by atoms with Crippen molar-refractivity contribution in [2.75, 3.05) is 57.3 Å². The predicted molar refractivity (Wildman–Crippen MR) is 213 cm³/mol. The number of aliphatic hydroxyl groups excluding tert-OH is 1. The summed E-state index contributed by atoms with van der Waals surface area (Å²) in [6.07, 6.45) is 15.1. The normalized spacial score (nSPS) is 27.4. The van der Waals surface area contributed by atoms with Gasteiger partial charge in [-0.15, -0.1) is 0 Å². The Bertz CT molecular complexity index is 1660. The Morgan fingerprint density at radius 3 is 2.34 bits per heavy atom. The van der Waals surface area contributed by atoms with Crippen LogP contribution in [-0.2, 0) is 25.6 Å². The molecular weight excluding hydrogens is 716 g/mol. The number of amides is 2. The van der Waals surface area contributed by atoms with Crippen molar-refractivity contribution in [3.05, 3.63) is 65.8 Å². The van der Waals surface area contributed by atoms with E-state index in [0.29, 0.717) is 75.0 Å². The molecule has 3 aliphatic heterocycles. The molecule has 56 heavy (non-hydrogen) atoms. The molecule has 4 aliphatic rings. The van der Waals surface area contributed by atoms with E-state index in [9.17, 15) is 19.5 Å². The van der Waals surface area contributed by atoms with Gasteiger partial charge in [0, 0.05) is 82.4 Å². The second-order valence-corrected chi connectivity index (χ2v) is 16.3. The van der Waals surface area contributed by atoms with Crippen LogP contribution in [-0.4, -0.2) is 124 Å². The molecule has 2 amide bonds. The highest BCUT2D eigenvalue weighted by atomic mass is 19.1. The molecule has 1 N–H and O–H groups in total. The number of aromatic nitrogens is 2. The number of carbonyl (C=O) groups is 3. The third kappa shape index (κ3) is 11.4. The fraction of sp³-hybridized carbons (Fsp3) is 0.628. The summed E-state index contributed by atoms with van der Waals surface area (Å²) in [6, 6.07) is 7.25. The first kappa shape index (κ1) is 41.4. The van der Waals surface area contributed by atoms with Gasteiger partial charge in [-0.3, -0.25) is 19.2 Å². The maximum atomic E-state index is 15.1. The van der Waals surface area contributed by atoms with Gasteiger partial charge in [-0.05, 0) is 80.0 Å². The van der Waals surface area contributed by atoms with Crippen LogP contribution in [0.5, 0.6) is 0 Å². The second kappa shape index (κ2) is 19.8. The van der Waals surface area contributed by atoms with Crippen LogP contribution in [0.4, 0.5) is 14.9 Å². The van der Waals surface area contributed by atoms with Crippen molar-refractivity contribution in [3.63, 3.8) is 0 Å². The zero-order valence-corrected chi connectivity index (χ0v) is 33.4. The topological polar surface area (TPSA) is 121 Å². The minimum Gasteiger partial charge on any atom is -0.457 e. The predicted octanol–water partition coefficient (Wildman–Crippen LogP) is 5.90. The molecule has 1 aromatic carbocycles. The van der Waals surface area contributed by atoms with Crippen LogP contribution in [0.2, 0.25) is 0 Å². The lowest BCUT2D eigenvalue weighted by atomic mass is 9.91. The highest BCUT2D eigenvalue weighted by molar-refractivity contribution is 5.76. The van der Waals surface area contributed by atoms with Crippen molar-refractivity contribution >= 4 is 29.7 Å². The number of benzene rings is 1. The molecule has 0 bridgehead atoms. The highest BCUT2D eigenvalue weighted by Gasteiger charge is 2.31. The average molecular weight is 777 g/mol. The number of hydrogen-bond acceptors (Lipinski definition) is 9. The van der Waals surface area contributed by atoms with Gasteiger partial charge in [0.25, 0.3) is 0 Å². The molecule has 3 fully saturated rings. The first-order valence-electron chi connectivity index (χ1n) is 20.8. The van der Waals surface area contributed by atoms with E-state index in [0.717, 1.165) is 13.1 Å². The molecule has 1 unspecified atom stereocenters. The smallest absolute Gasteiger partial charge is 0.410 e. The molecule has 1 saturated carbocycles. The number of carbonyl (C=O) groups excluding carboxylic acids is 3. The summed E-state index contributed by atoms with van der Waals surface area (Å²) in [5, 5.41) is 14.9. The molecule has 13 heteroatoms. The minimum absolute atomic E-state index is 0.00792. The fourth-order valence-electron chi connectivity index (χ4n) is 8.59. The maximum Gasteiger partial charge on any atom is 0.410 e. The number of cyclic esters (lactones) is 1.